The molecule has 0 amide bonds. The minimum absolute atomic E-state index is 0. The highest BCUT2D eigenvalue weighted by Crippen LogP contribution is 2.33. The Bertz CT molecular complexity index is 798. The molecule has 2 heterocycles. The van der Waals surface area contributed by atoms with Crippen molar-refractivity contribution in [3.05, 3.63) is 41.9 Å². The second-order valence-electron chi connectivity index (χ2n) is 7.09. The molecule has 1 fully saturated rings. The molecule has 9 heteroatoms. The molecule has 1 unspecified atom stereocenters. The number of hydrogen-bond acceptors (Lipinski definition) is 6. The van der Waals surface area contributed by atoms with E-state index in [2.05, 4.69) is 20.5 Å². The van der Waals surface area contributed by atoms with Crippen LogP contribution in [0, 0.1) is 0 Å². The van der Waals surface area contributed by atoms with Crippen LogP contribution in [0.15, 0.2) is 39.9 Å². The number of aliphatic imine (C=N–C) groups is 1. The molecular weight excluding hydrogens is 511 g/mol. The van der Waals surface area contributed by atoms with Crippen LogP contribution in [0.1, 0.15) is 30.2 Å². The molecule has 1 aromatic carbocycles. The monoisotopic (exact) mass is 544 g/mol. The normalized spacial score (nSPS) is 15.2. The minimum Gasteiger partial charge on any atom is -0.496 e. The number of furan rings is 1. The highest BCUT2D eigenvalue weighted by molar-refractivity contribution is 14.0. The molecule has 1 aliphatic rings. The van der Waals surface area contributed by atoms with Gasteiger partial charge in [-0.2, -0.15) is 0 Å². The van der Waals surface area contributed by atoms with Crippen LogP contribution in [0.3, 0.4) is 0 Å². The highest BCUT2D eigenvalue weighted by atomic mass is 127. The molecule has 2 N–H and O–H groups in total. The minimum atomic E-state index is 0. The van der Waals surface area contributed by atoms with Crippen LogP contribution < -0.4 is 24.8 Å². The summed E-state index contributed by atoms with van der Waals surface area (Å²) < 4.78 is 22.1. The molecule has 0 radical (unpaired) electrons. The summed E-state index contributed by atoms with van der Waals surface area (Å²) in [5.74, 6) is 3.74. The lowest BCUT2D eigenvalue weighted by Crippen LogP contribution is -2.42. The Morgan fingerprint density at radius 1 is 1.10 bits per heavy atom. The van der Waals surface area contributed by atoms with Crippen LogP contribution in [-0.2, 0) is 6.54 Å². The third-order valence-corrected chi connectivity index (χ3v) is 5.39. The van der Waals surface area contributed by atoms with Crippen molar-refractivity contribution in [1.29, 1.82) is 0 Å². The molecule has 1 aromatic heterocycles. The maximum atomic E-state index is 5.70. The SMILES string of the molecule is CN=C(NCc1c(OC)cc(OC)cc1OC)NCC(c1ccco1)N1CCCC1.I. The number of halogens is 1. The zero-order chi connectivity index (χ0) is 21.3. The molecule has 0 bridgehead atoms. The first kappa shape index (κ1) is 25.1. The van der Waals surface area contributed by atoms with Crippen LogP contribution >= 0.6 is 24.0 Å². The van der Waals surface area contributed by atoms with Crippen molar-refractivity contribution in [1.82, 2.24) is 15.5 Å². The molecule has 31 heavy (non-hydrogen) atoms. The Hall–Kier alpha value is -2.14. The van der Waals surface area contributed by atoms with E-state index < -0.39 is 0 Å². The summed E-state index contributed by atoms with van der Waals surface area (Å²) in [7, 11) is 6.65. The van der Waals surface area contributed by atoms with E-state index in [1.165, 1.54) is 12.8 Å². The Kier molecular flexibility index (Phi) is 10.3. The quantitative estimate of drug-likeness (QED) is 0.285. The van der Waals surface area contributed by atoms with E-state index in [4.69, 9.17) is 18.6 Å². The van der Waals surface area contributed by atoms with Crippen molar-refractivity contribution in [2.75, 3.05) is 48.0 Å². The summed E-state index contributed by atoms with van der Waals surface area (Å²) in [6.07, 6.45) is 4.18. The maximum absolute atomic E-state index is 5.70. The van der Waals surface area contributed by atoms with Crippen LogP contribution in [-0.4, -0.2) is 58.9 Å². The van der Waals surface area contributed by atoms with Gasteiger partial charge < -0.3 is 29.3 Å². The predicted molar refractivity (Wildman–Crippen MR) is 132 cm³/mol. The van der Waals surface area contributed by atoms with Gasteiger partial charge in [0.1, 0.15) is 23.0 Å². The lowest BCUT2D eigenvalue weighted by molar-refractivity contribution is 0.215. The first-order valence-corrected chi connectivity index (χ1v) is 10.2. The van der Waals surface area contributed by atoms with E-state index in [0.717, 1.165) is 24.4 Å². The van der Waals surface area contributed by atoms with Crippen molar-refractivity contribution < 1.29 is 18.6 Å². The van der Waals surface area contributed by atoms with E-state index in [0.29, 0.717) is 36.3 Å². The molecule has 3 rings (SSSR count). The predicted octanol–water partition coefficient (Wildman–Crippen LogP) is 3.43. The molecule has 172 valence electrons. The lowest BCUT2D eigenvalue weighted by atomic mass is 10.1. The molecular formula is C22H33IN4O4. The van der Waals surface area contributed by atoms with Crippen molar-refractivity contribution in [3.8, 4) is 17.2 Å². The van der Waals surface area contributed by atoms with Gasteiger partial charge in [0.05, 0.1) is 45.7 Å². The number of methoxy groups -OCH3 is 3. The van der Waals surface area contributed by atoms with Crippen LogP contribution in [0.5, 0.6) is 17.2 Å². The third-order valence-electron chi connectivity index (χ3n) is 5.39. The number of nitrogens with one attached hydrogen (secondary N) is 2. The molecule has 0 spiro atoms. The van der Waals surface area contributed by atoms with E-state index in [1.807, 2.05) is 24.3 Å². The summed E-state index contributed by atoms with van der Waals surface area (Å²) in [6, 6.07) is 7.83. The van der Waals surface area contributed by atoms with E-state index in [-0.39, 0.29) is 30.0 Å². The number of rotatable bonds is 9. The molecule has 1 saturated heterocycles. The fraction of sp³-hybridized carbons (Fsp3) is 0.500. The second-order valence-corrected chi connectivity index (χ2v) is 7.09. The van der Waals surface area contributed by atoms with E-state index in [1.54, 1.807) is 34.6 Å². The number of hydrogen-bond donors (Lipinski definition) is 2. The van der Waals surface area contributed by atoms with Gasteiger partial charge in [0.25, 0.3) is 0 Å². The van der Waals surface area contributed by atoms with Crippen molar-refractivity contribution in [2.45, 2.75) is 25.4 Å². The topological polar surface area (TPSA) is 80.5 Å². The van der Waals surface area contributed by atoms with Crippen LogP contribution in [0.4, 0.5) is 0 Å². The third kappa shape index (κ3) is 6.42. The van der Waals surface area contributed by atoms with Crippen molar-refractivity contribution >= 4 is 29.9 Å². The number of benzene rings is 1. The average Bonchev–Trinajstić information content (AvgIpc) is 3.50. The van der Waals surface area contributed by atoms with Gasteiger partial charge in [-0.3, -0.25) is 9.89 Å². The number of likely N-dealkylation sites (tertiary alicyclic amines) is 1. The molecule has 0 aliphatic carbocycles. The first-order chi connectivity index (χ1) is 14.7. The van der Waals surface area contributed by atoms with Gasteiger partial charge in [0, 0.05) is 25.7 Å². The zero-order valence-corrected chi connectivity index (χ0v) is 21.0. The Morgan fingerprint density at radius 2 is 1.77 bits per heavy atom. The summed E-state index contributed by atoms with van der Waals surface area (Å²) in [6.45, 7) is 3.36. The summed E-state index contributed by atoms with van der Waals surface area (Å²) in [4.78, 5) is 6.82. The van der Waals surface area contributed by atoms with Crippen LogP contribution in [0.25, 0.3) is 0 Å². The average molecular weight is 544 g/mol. The van der Waals surface area contributed by atoms with Gasteiger partial charge in [-0.15, -0.1) is 24.0 Å². The summed E-state index contributed by atoms with van der Waals surface area (Å²) >= 11 is 0. The Balaban J connectivity index is 0.00000341. The lowest BCUT2D eigenvalue weighted by Gasteiger charge is -2.27. The van der Waals surface area contributed by atoms with E-state index in [9.17, 15) is 0 Å². The number of nitrogens with zero attached hydrogens (tertiary/aromatic N) is 2. The first-order valence-electron chi connectivity index (χ1n) is 10.2. The Labute approximate surface area is 201 Å². The molecule has 8 nitrogen and oxygen atoms in total. The standard InChI is InChI=1S/C22H32N4O4.HI/c1-23-22(24-14-17-20(28-3)12-16(27-2)13-21(17)29-4)25-15-18(19-8-7-11-30-19)26-9-5-6-10-26;/h7-8,11-13,18H,5-6,9-10,14-15H2,1-4H3,(H2,23,24,25);1H. The van der Waals surface area contributed by atoms with Gasteiger partial charge in [-0.1, -0.05) is 0 Å². The molecule has 1 atom stereocenters. The largest absolute Gasteiger partial charge is 0.496 e. The highest BCUT2D eigenvalue weighted by Gasteiger charge is 2.25. The Morgan fingerprint density at radius 3 is 2.29 bits per heavy atom. The molecule has 0 saturated carbocycles. The zero-order valence-electron chi connectivity index (χ0n) is 18.6. The van der Waals surface area contributed by atoms with E-state index >= 15 is 0 Å². The van der Waals surface area contributed by atoms with Gasteiger partial charge >= 0.3 is 0 Å². The molecule has 2 aromatic rings. The second kappa shape index (κ2) is 12.7. The van der Waals surface area contributed by atoms with Crippen molar-refractivity contribution in [3.63, 3.8) is 0 Å². The van der Waals surface area contributed by atoms with Gasteiger partial charge in [-0.25, -0.2) is 0 Å². The maximum Gasteiger partial charge on any atom is 0.191 e. The number of ether oxygens (including phenoxy) is 3. The number of guanidine groups is 1. The van der Waals surface area contributed by atoms with Crippen LogP contribution in [0.2, 0.25) is 0 Å². The summed E-state index contributed by atoms with van der Waals surface area (Å²) in [5.41, 5.74) is 0.894. The smallest absolute Gasteiger partial charge is 0.191 e. The van der Waals surface area contributed by atoms with Gasteiger partial charge in [0.15, 0.2) is 5.96 Å². The van der Waals surface area contributed by atoms with Gasteiger partial charge in [0.2, 0.25) is 0 Å². The fourth-order valence-corrected chi connectivity index (χ4v) is 3.78. The van der Waals surface area contributed by atoms with Crippen molar-refractivity contribution in [2.24, 2.45) is 4.99 Å². The van der Waals surface area contributed by atoms with Gasteiger partial charge in [-0.05, 0) is 38.1 Å². The summed E-state index contributed by atoms with van der Waals surface area (Å²) in [5, 5.41) is 6.79. The molecule has 1 aliphatic heterocycles. The fourth-order valence-electron chi connectivity index (χ4n) is 3.78.